The lowest BCUT2D eigenvalue weighted by molar-refractivity contribution is 0.0957. The minimum Gasteiger partial charge on any atom is -0.493 e. The predicted octanol–water partition coefficient (Wildman–Crippen LogP) is 2.73. The molecular weight excluding hydrogens is 298 g/mol. The van der Waals surface area contributed by atoms with Gasteiger partial charge in [-0.2, -0.15) is 0 Å². The van der Waals surface area contributed by atoms with Crippen molar-refractivity contribution < 1.29 is 14.3 Å². The molecule has 0 spiro atoms. The summed E-state index contributed by atoms with van der Waals surface area (Å²) in [6, 6.07) is 5.07. The van der Waals surface area contributed by atoms with Crippen LogP contribution in [0.4, 0.5) is 0 Å². The fraction of sp³-hybridized carbons (Fsp3) is 0.308. The maximum Gasteiger partial charge on any atom is 0.251 e. The minimum absolute atomic E-state index is 0.183. The van der Waals surface area contributed by atoms with E-state index in [1.807, 2.05) is 6.92 Å². The van der Waals surface area contributed by atoms with Gasteiger partial charge in [0.15, 0.2) is 11.5 Å². The molecule has 0 radical (unpaired) electrons. The van der Waals surface area contributed by atoms with E-state index >= 15 is 0 Å². The summed E-state index contributed by atoms with van der Waals surface area (Å²) in [6.07, 6.45) is 0. The van der Waals surface area contributed by atoms with Gasteiger partial charge in [0.1, 0.15) is 0 Å². The van der Waals surface area contributed by atoms with Gasteiger partial charge in [-0.05, 0) is 25.1 Å². The number of hydrogen-bond acceptors (Lipinski definition) is 3. The summed E-state index contributed by atoms with van der Waals surface area (Å²) in [5, 5.41) is 2.72. The molecule has 1 amide bonds. The van der Waals surface area contributed by atoms with Crippen LogP contribution in [-0.2, 0) is 0 Å². The Morgan fingerprint density at radius 2 is 2.17 bits per heavy atom. The first kappa shape index (κ1) is 14.6. The zero-order valence-electron chi connectivity index (χ0n) is 10.5. The highest BCUT2D eigenvalue weighted by Crippen LogP contribution is 2.27. The van der Waals surface area contributed by atoms with Crippen LogP contribution in [0.1, 0.15) is 17.3 Å². The van der Waals surface area contributed by atoms with Gasteiger partial charge >= 0.3 is 0 Å². The summed E-state index contributed by atoms with van der Waals surface area (Å²) in [6.45, 7) is 6.47. The Morgan fingerprint density at radius 1 is 1.44 bits per heavy atom. The summed E-state index contributed by atoms with van der Waals surface area (Å²) in [4.78, 5) is 11.8. The second-order valence-corrected chi connectivity index (χ2v) is 4.62. The van der Waals surface area contributed by atoms with Gasteiger partial charge in [-0.15, -0.1) is 0 Å². The number of hydrogen-bond donors (Lipinski definition) is 1. The maximum absolute atomic E-state index is 11.8. The summed E-state index contributed by atoms with van der Waals surface area (Å²) in [7, 11) is 1.54. The number of methoxy groups -OCH3 is 1. The number of nitrogens with one attached hydrogen (secondary N) is 1. The first-order valence-electron chi connectivity index (χ1n) is 5.50. The fourth-order valence-electron chi connectivity index (χ4n) is 1.36. The molecule has 0 fully saturated rings. The van der Waals surface area contributed by atoms with E-state index < -0.39 is 0 Å². The van der Waals surface area contributed by atoms with Gasteiger partial charge in [0.05, 0.1) is 13.7 Å². The third-order valence-electron chi connectivity index (χ3n) is 2.17. The summed E-state index contributed by atoms with van der Waals surface area (Å²) in [5.41, 5.74) is 0.518. The molecule has 1 aromatic rings. The quantitative estimate of drug-likeness (QED) is 0.878. The van der Waals surface area contributed by atoms with Crippen LogP contribution < -0.4 is 14.8 Å². The molecule has 0 atom stereocenters. The predicted molar refractivity (Wildman–Crippen MR) is 74.6 cm³/mol. The first-order valence-corrected chi connectivity index (χ1v) is 6.30. The van der Waals surface area contributed by atoms with Crippen molar-refractivity contribution in [2.45, 2.75) is 6.92 Å². The van der Waals surface area contributed by atoms with E-state index in [-0.39, 0.29) is 5.91 Å². The molecule has 0 unspecified atom stereocenters. The van der Waals surface area contributed by atoms with Crippen LogP contribution in [0.25, 0.3) is 0 Å². The topological polar surface area (TPSA) is 47.6 Å². The highest BCUT2D eigenvalue weighted by molar-refractivity contribution is 9.11. The number of carbonyl (C=O) groups excluding carboxylic acids is 1. The number of benzene rings is 1. The van der Waals surface area contributed by atoms with Crippen molar-refractivity contribution in [3.63, 3.8) is 0 Å². The molecule has 1 aromatic carbocycles. The van der Waals surface area contributed by atoms with E-state index in [1.54, 1.807) is 25.3 Å². The molecule has 1 N–H and O–H groups in total. The van der Waals surface area contributed by atoms with Crippen molar-refractivity contribution in [1.29, 1.82) is 0 Å². The van der Waals surface area contributed by atoms with Crippen molar-refractivity contribution in [2.75, 3.05) is 20.3 Å². The molecule has 0 aromatic heterocycles. The normalized spacial score (nSPS) is 9.72. The molecule has 0 aliphatic heterocycles. The number of carbonyl (C=O) groups is 1. The summed E-state index contributed by atoms with van der Waals surface area (Å²) in [5.74, 6) is 0.987. The molecule has 18 heavy (non-hydrogen) atoms. The van der Waals surface area contributed by atoms with Crippen molar-refractivity contribution in [3.8, 4) is 11.5 Å². The summed E-state index contributed by atoms with van der Waals surface area (Å²) >= 11 is 3.18. The average Bonchev–Trinajstić information content (AvgIpc) is 2.36. The molecule has 4 nitrogen and oxygen atoms in total. The van der Waals surface area contributed by atoms with Gasteiger partial charge in [-0.25, -0.2) is 0 Å². The van der Waals surface area contributed by atoms with Gasteiger partial charge in [0.2, 0.25) is 0 Å². The molecule has 0 aliphatic rings. The van der Waals surface area contributed by atoms with Crippen molar-refractivity contribution >= 4 is 21.8 Å². The largest absolute Gasteiger partial charge is 0.493 e. The number of ether oxygens (including phenoxy) is 2. The molecule has 5 heteroatoms. The van der Waals surface area contributed by atoms with Crippen LogP contribution >= 0.6 is 15.9 Å². The molecule has 0 aliphatic carbocycles. The third kappa shape index (κ3) is 4.07. The smallest absolute Gasteiger partial charge is 0.251 e. The SMILES string of the molecule is C=C(Br)CNC(=O)c1ccc(OCC)c(OC)c1. The van der Waals surface area contributed by atoms with E-state index in [4.69, 9.17) is 9.47 Å². The number of amides is 1. The van der Waals surface area contributed by atoms with Gasteiger partial charge in [0, 0.05) is 16.6 Å². The molecule has 98 valence electrons. The van der Waals surface area contributed by atoms with E-state index in [0.717, 1.165) is 0 Å². The Hall–Kier alpha value is -1.49. The minimum atomic E-state index is -0.183. The maximum atomic E-state index is 11.8. The number of halogens is 1. The number of rotatable bonds is 6. The highest BCUT2D eigenvalue weighted by Gasteiger charge is 2.10. The fourth-order valence-corrected chi connectivity index (χ4v) is 1.50. The Labute approximate surface area is 115 Å². The second-order valence-electron chi connectivity index (χ2n) is 3.50. The lowest BCUT2D eigenvalue weighted by Crippen LogP contribution is -2.24. The van der Waals surface area contributed by atoms with Crippen LogP contribution in [0, 0.1) is 0 Å². The van der Waals surface area contributed by atoms with Crippen molar-refractivity contribution in [3.05, 3.63) is 34.8 Å². The van der Waals surface area contributed by atoms with E-state index in [2.05, 4.69) is 27.8 Å². The Kier molecular flexibility index (Phi) is 5.71. The van der Waals surface area contributed by atoms with Crippen LogP contribution in [-0.4, -0.2) is 26.2 Å². The summed E-state index contributed by atoms with van der Waals surface area (Å²) < 4.78 is 11.3. The molecule has 0 heterocycles. The Bertz CT molecular complexity index is 446. The molecule has 0 saturated carbocycles. The van der Waals surface area contributed by atoms with Gasteiger partial charge in [-0.1, -0.05) is 22.5 Å². The molecule has 0 bridgehead atoms. The van der Waals surface area contributed by atoms with E-state index in [1.165, 1.54) is 0 Å². The molecule has 0 saturated heterocycles. The monoisotopic (exact) mass is 313 g/mol. The highest BCUT2D eigenvalue weighted by atomic mass is 79.9. The van der Waals surface area contributed by atoms with E-state index in [0.29, 0.717) is 34.7 Å². The molecular formula is C13H16BrNO3. The van der Waals surface area contributed by atoms with Crippen LogP contribution in [0.2, 0.25) is 0 Å². The Balaban J connectivity index is 2.84. The first-order chi connectivity index (χ1) is 8.58. The standard InChI is InChI=1S/C13H16BrNO3/c1-4-18-11-6-5-10(7-12(11)17-3)13(16)15-8-9(2)14/h5-7H,2,4,8H2,1,3H3,(H,15,16). The van der Waals surface area contributed by atoms with Gasteiger partial charge in [-0.3, -0.25) is 4.79 Å². The average molecular weight is 314 g/mol. The van der Waals surface area contributed by atoms with Crippen molar-refractivity contribution in [2.24, 2.45) is 0 Å². The van der Waals surface area contributed by atoms with E-state index in [9.17, 15) is 4.79 Å². The molecule has 1 rings (SSSR count). The Morgan fingerprint density at radius 3 is 2.72 bits per heavy atom. The van der Waals surface area contributed by atoms with Crippen LogP contribution in [0.5, 0.6) is 11.5 Å². The van der Waals surface area contributed by atoms with Gasteiger partial charge < -0.3 is 14.8 Å². The van der Waals surface area contributed by atoms with Crippen LogP contribution in [0.15, 0.2) is 29.3 Å². The van der Waals surface area contributed by atoms with Crippen molar-refractivity contribution in [1.82, 2.24) is 5.32 Å². The second kappa shape index (κ2) is 7.06. The zero-order chi connectivity index (χ0) is 13.5. The third-order valence-corrected chi connectivity index (χ3v) is 2.45. The van der Waals surface area contributed by atoms with Crippen LogP contribution in [0.3, 0.4) is 0 Å². The van der Waals surface area contributed by atoms with Gasteiger partial charge in [0.25, 0.3) is 5.91 Å². The lowest BCUT2D eigenvalue weighted by Gasteiger charge is -2.11. The lowest BCUT2D eigenvalue weighted by atomic mass is 10.2. The zero-order valence-corrected chi connectivity index (χ0v) is 12.0.